The van der Waals surface area contributed by atoms with Crippen molar-refractivity contribution in [2.24, 2.45) is 0 Å². The average Bonchev–Trinajstić information content (AvgIpc) is 2.64. The third-order valence-electron chi connectivity index (χ3n) is 3.40. The lowest BCUT2D eigenvalue weighted by Crippen LogP contribution is -2.34. The van der Waals surface area contributed by atoms with E-state index in [0.29, 0.717) is 5.56 Å². The van der Waals surface area contributed by atoms with Crippen LogP contribution in [0.4, 0.5) is 5.69 Å². The first-order chi connectivity index (χ1) is 12.6. The number of ether oxygens (including phenoxy) is 1. The Labute approximate surface area is 170 Å². The first kappa shape index (κ1) is 18.3. The number of para-hydroxylation sites is 1. The number of thiocarbonyl (C=S) groups is 1. The fourth-order valence-corrected chi connectivity index (χ4v) is 2.95. The molecule has 3 aromatic rings. The van der Waals surface area contributed by atoms with Crippen molar-refractivity contribution in [1.29, 1.82) is 0 Å². The fraction of sp³-hybridized carbons (Fsp3) is 0. The number of hydrogen-bond acceptors (Lipinski definition) is 3. The minimum Gasteiger partial charge on any atom is -0.457 e. The maximum Gasteiger partial charge on any atom is 0.257 e. The van der Waals surface area contributed by atoms with E-state index >= 15 is 0 Å². The molecule has 0 aliphatic heterocycles. The first-order valence-electron chi connectivity index (χ1n) is 7.81. The molecule has 0 aliphatic rings. The number of benzene rings is 3. The van der Waals surface area contributed by atoms with E-state index in [1.165, 1.54) is 0 Å². The number of amides is 1. The van der Waals surface area contributed by atoms with E-state index in [1.54, 1.807) is 12.1 Å². The van der Waals surface area contributed by atoms with Crippen LogP contribution in [0.25, 0.3) is 0 Å². The lowest BCUT2D eigenvalue weighted by atomic mass is 10.2. The van der Waals surface area contributed by atoms with E-state index in [1.807, 2.05) is 66.7 Å². The summed E-state index contributed by atoms with van der Waals surface area (Å²) in [6.07, 6.45) is 0. The summed E-state index contributed by atoms with van der Waals surface area (Å²) < 4.78 is 6.73. The first-order valence-corrected chi connectivity index (χ1v) is 9.30. The van der Waals surface area contributed by atoms with Gasteiger partial charge in [0.25, 0.3) is 5.91 Å². The molecule has 2 N–H and O–H groups in total. The number of carbonyl (C=O) groups excluding carboxylic acids is 1. The molecule has 0 saturated carbocycles. The molecule has 6 heteroatoms. The quantitative estimate of drug-likeness (QED) is 0.403. The smallest absolute Gasteiger partial charge is 0.257 e. The molecular formula is C20H15IN2O2S. The summed E-state index contributed by atoms with van der Waals surface area (Å²) in [6.45, 7) is 0. The van der Waals surface area contributed by atoms with Crippen molar-refractivity contribution in [3.8, 4) is 11.5 Å². The second-order valence-corrected chi connectivity index (χ2v) is 7.01. The highest BCUT2D eigenvalue weighted by atomic mass is 127. The Morgan fingerprint density at radius 3 is 2.27 bits per heavy atom. The molecule has 0 atom stereocenters. The highest BCUT2D eigenvalue weighted by molar-refractivity contribution is 14.1. The van der Waals surface area contributed by atoms with Gasteiger partial charge in [-0.1, -0.05) is 24.3 Å². The maximum absolute atomic E-state index is 12.2. The summed E-state index contributed by atoms with van der Waals surface area (Å²) in [5.41, 5.74) is 1.33. The van der Waals surface area contributed by atoms with Crippen LogP contribution in [0.5, 0.6) is 11.5 Å². The Morgan fingerprint density at radius 1 is 0.885 bits per heavy atom. The van der Waals surface area contributed by atoms with Gasteiger partial charge in [0.15, 0.2) is 5.11 Å². The molecule has 0 fully saturated rings. The van der Waals surface area contributed by atoms with Crippen LogP contribution in [-0.2, 0) is 0 Å². The maximum atomic E-state index is 12.2. The molecule has 0 saturated heterocycles. The normalized spacial score (nSPS) is 10.0. The summed E-state index contributed by atoms with van der Waals surface area (Å²) in [7, 11) is 0. The number of nitrogens with one attached hydrogen (secondary N) is 2. The van der Waals surface area contributed by atoms with Crippen molar-refractivity contribution in [1.82, 2.24) is 5.32 Å². The third-order valence-corrected chi connectivity index (χ3v) is 4.28. The summed E-state index contributed by atoms with van der Waals surface area (Å²) in [5.74, 6) is 1.24. The summed E-state index contributed by atoms with van der Waals surface area (Å²) in [4.78, 5) is 12.2. The molecule has 3 rings (SSSR count). The van der Waals surface area contributed by atoms with E-state index < -0.39 is 0 Å². The molecule has 26 heavy (non-hydrogen) atoms. The molecule has 130 valence electrons. The molecule has 0 aromatic heterocycles. The molecule has 0 unspecified atom stereocenters. The van der Waals surface area contributed by atoms with Crippen LogP contribution in [0.3, 0.4) is 0 Å². The van der Waals surface area contributed by atoms with Gasteiger partial charge < -0.3 is 10.1 Å². The molecule has 0 aliphatic carbocycles. The van der Waals surface area contributed by atoms with Crippen LogP contribution in [-0.4, -0.2) is 11.0 Å². The van der Waals surface area contributed by atoms with Crippen LogP contribution in [0.1, 0.15) is 10.4 Å². The summed E-state index contributed by atoms with van der Waals surface area (Å²) >= 11 is 7.37. The van der Waals surface area contributed by atoms with Crippen molar-refractivity contribution in [2.75, 3.05) is 5.32 Å². The van der Waals surface area contributed by atoms with Crippen molar-refractivity contribution < 1.29 is 9.53 Å². The van der Waals surface area contributed by atoms with E-state index in [9.17, 15) is 4.79 Å². The van der Waals surface area contributed by atoms with E-state index in [0.717, 1.165) is 20.8 Å². The summed E-state index contributed by atoms with van der Waals surface area (Å²) in [6, 6.07) is 24.2. The molecule has 0 bridgehead atoms. The molecule has 3 aromatic carbocycles. The number of carbonyl (C=O) groups is 1. The monoisotopic (exact) mass is 474 g/mol. The van der Waals surface area contributed by atoms with Gasteiger partial charge in [0.2, 0.25) is 0 Å². The molecular weight excluding hydrogens is 459 g/mol. The Balaban J connectivity index is 1.56. The van der Waals surface area contributed by atoms with E-state index in [-0.39, 0.29) is 11.0 Å². The summed E-state index contributed by atoms with van der Waals surface area (Å²) in [5, 5.41) is 5.90. The second-order valence-electron chi connectivity index (χ2n) is 5.36. The van der Waals surface area contributed by atoms with E-state index in [4.69, 9.17) is 17.0 Å². The molecule has 1 amide bonds. The van der Waals surface area contributed by atoms with Crippen molar-refractivity contribution in [3.63, 3.8) is 0 Å². The Kier molecular flexibility index (Phi) is 6.19. The SMILES string of the molecule is O=C(NC(=S)Nc1ccc(Oc2ccccc2)cc1)c1cccc(I)c1. The van der Waals surface area contributed by atoms with Crippen LogP contribution >= 0.6 is 34.8 Å². The highest BCUT2D eigenvalue weighted by Gasteiger charge is 2.08. The van der Waals surface area contributed by atoms with Gasteiger partial charge in [0, 0.05) is 14.8 Å². The van der Waals surface area contributed by atoms with E-state index in [2.05, 4.69) is 33.2 Å². The van der Waals surface area contributed by atoms with Crippen molar-refractivity contribution >= 4 is 51.5 Å². The van der Waals surface area contributed by atoms with Gasteiger partial charge in [-0.25, -0.2) is 0 Å². The highest BCUT2D eigenvalue weighted by Crippen LogP contribution is 2.22. The van der Waals surface area contributed by atoms with Gasteiger partial charge in [0.05, 0.1) is 0 Å². The topological polar surface area (TPSA) is 50.4 Å². The molecule has 0 spiro atoms. The van der Waals surface area contributed by atoms with Gasteiger partial charge in [-0.15, -0.1) is 0 Å². The van der Waals surface area contributed by atoms with Crippen LogP contribution in [0, 0.1) is 3.57 Å². The van der Waals surface area contributed by atoms with Crippen molar-refractivity contribution in [2.45, 2.75) is 0 Å². The largest absolute Gasteiger partial charge is 0.457 e. The van der Waals surface area contributed by atoms with Gasteiger partial charge >= 0.3 is 0 Å². The van der Waals surface area contributed by atoms with Crippen LogP contribution in [0.15, 0.2) is 78.9 Å². The van der Waals surface area contributed by atoms with Crippen molar-refractivity contribution in [3.05, 3.63) is 88.0 Å². The van der Waals surface area contributed by atoms with Crippen LogP contribution in [0.2, 0.25) is 0 Å². The Bertz CT molecular complexity index is 915. The number of hydrogen-bond donors (Lipinski definition) is 2. The Morgan fingerprint density at radius 2 is 1.58 bits per heavy atom. The zero-order valence-corrected chi connectivity index (χ0v) is 16.6. The fourth-order valence-electron chi connectivity index (χ4n) is 2.20. The number of rotatable bonds is 4. The zero-order valence-electron chi connectivity index (χ0n) is 13.6. The molecule has 0 radical (unpaired) electrons. The predicted octanol–water partition coefficient (Wildman–Crippen LogP) is 5.21. The zero-order chi connectivity index (χ0) is 18.4. The number of anilines is 1. The van der Waals surface area contributed by atoms with Crippen LogP contribution < -0.4 is 15.4 Å². The predicted molar refractivity (Wildman–Crippen MR) is 116 cm³/mol. The Hall–Kier alpha value is -2.45. The lowest BCUT2D eigenvalue weighted by molar-refractivity contribution is 0.0977. The second kappa shape index (κ2) is 8.77. The molecule has 4 nitrogen and oxygen atoms in total. The van der Waals surface area contributed by atoms with Gasteiger partial charge in [-0.3, -0.25) is 10.1 Å². The average molecular weight is 474 g/mol. The van der Waals surface area contributed by atoms with Gasteiger partial charge in [0.1, 0.15) is 11.5 Å². The molecule has 0 heterocycles. The minimum atomic E-state index is -0.245. The number of halogens is 1. The lowest BCUT2D eigenvalue weighted by Gasteiger charge is -2.11. The van der Waals surface area contributed by atoms with Gasteiger partial charge in [-0.2, -0.15) is 0 Å². The minimum absolute atomic E-state index is 0.241. The van der Waals surface area contributed by atoms with Gasteiger partial charge in [-0.05, 0) is 89.4 Å². The standard InChI is InChI=1S/C20H15IN2O2S/c21-15-6-4-5-14(13-15)19(24)23-20(26)22-16-9-11-18(12-10-16)25-17-7-2-1-3-8-17/h1-13H,(H2,22,23,24,26). The third kappa shape index (κ3) is 5.27.